The Bertz CT molecular complexity index is 119. The number of hydroxylamine groups is 1. The summed E-state index contributed by atoms with van der Waals surface area (Å²) in [4.78, 5) is 15.2. The van der Waals surface area contributed by atoms with Gasteiger partial charge in [-0.05, 0) is 0 Å². The van der Waals surface area contributed by atoms with Gasteiger partial charge in [0.15, 0.2) is 0 Å². The molecule has 0 unspecified atom stereocenters. The lowest BCUT2D eigenvalue weighted by Crippen LogP contribution is -2.27. The summed E-state index contributed by atoms with van der Waals surface area (Å²) in [5.74, 6) is 0. The van der Waals surface area contributed by atoms with Gasteiger partial charge in [-0.15, -0.1) is 0 Å². The zero-order valence-electron chi connectivity index (χ0n) is 6.91. The number of nitrogens with one attached hydrogen (secondary N) is 1. The van der Waals surface area contributed by atoms with Gasteiger partial charge in [0, 0.05) is 7.11 Å². The molecule has 0 aromatic carbocycles. The largest absolute Gasteiger partial charge is 0.446 e. The van der Waals surface area contributed by atoms with Crippen molar-refractivity contribution in [1.82, 2.24) is 5.48 Å². The Labute approximate surface area is 70.4 Å². The molecule has 0 aromatic heterocycles. The van der Waals surface area contributed by atoms with Gasteiger partial charge >= 0.3 is 6.09 Å². The smallest absolute Gasteiger partial charge is 0.431 e. The quantitative estimate of drug-likeness (QED) is 0.415. The molecule has 0 bridgehead atoms. The van der Waals surface area contributed by atoms with Crippen LogP contribution in [0.1, 0.15) is 0 Å². The maximum atomic E-state index is 10.6. The van der Waals surface area contributed by atoms with Crippen molar-refractivity contribution in [3.8, 4) is 0 Å². The van der Waals surface area contributed by atoms with E-state index in [0.29, 0.717) is 6.61 Å². The van der Waals surface area contributed by atoms with Gasteiger partial charge < -0.3 is 14.6 Å². The maximum absolute atomic E-state index is 10.6. The molecule has 0 saturated heterocycles. The Morgan fingerprint density at radius 3 is 2.75 bits per heavy atom. The number of rotatable bonds is 6. The lowest BCUT2D eigenvalue weighted by Gasteiger charge is -2.04. The van der Waals surface area contributed by atoms with Crippen LogP contribution in [-0.2, 0) is 14.3 Å². The molecule has 0 rings (SSSR count). The number of hydrogen-bond acceptors (Lipinski definition) is 5. The average Bonchev–Trinajstić information content (AvgIpc) is 2.09. The summed E-state index contributed by atoms with van der Waals surface area (Å²) in [7, 11) is 1.52. The number of methoxy groups -OCH3 is 1. The summed E-state index contributed by atoms with van der Waals surface area (Å²) in [6, 6.07) is 0. The van der Waals surface area contributed by atoms with Crippen LogP contribution in [0.15, 0.2) is 0 Å². The van der Waals surface area contributed by atoms with Gasteiger partial charge in [-0.3, -0.25) is 4.84 Å². The third kappa shape index (κ3) is 7.26. The van der Waals surface area contributed by atoms with E-state index < -0.39 is 6.09 Å². The van der Waals surface area contributed by atoms with Crippen LogP contribution in [0.25, 0.3) is 0 Å². The van der Waals surface area contributed by atoms with E-state index in [-0.39, 0.29) is 19.8 Å². The minimum absolute atomic E-state index is 0.0422. The highest BCUT2D eigenvalue weighted by Gasteiger charge is 1.99. The Balaban J connectivity index is 3.08. The van der Waals surface area contributed by atoms with Crippen LogP contribution >= 0.6 is 0 Å². The molecule has 1 amide bonds. The van der Waals surface area contributed by atoms with E-state index >= 15 is 0 Å². The van der Waals surface area contributed by atoms with Crippen LogP contribution in [0.5, 0.6) is 0 Å². The van der Waals surface area contributed by atoms with Gasteiger partial charge in [-0.25, -0.2) is 4.79 Å². The Morgan fingerprint density at radius 2 is 2.17 bits per heavy atom. The van der Waals surface area contributed by atoms with Crippen molar-refractivity contribution >= 4 is 6.09 Å². The number of carbonyl (C=O) groups excluding carboxylic acids is 1. The first-order chi connectivity index (χ1) is 5.81. The maximum Gasteiger partial charge on any atom is 0.431 e. The van der Waals surface area contributed by atoms with Gasteiger partial charge in [0.05, 0.1) is 19.8 Å². The van der Waals surface area contributed by atoms with Crippen LogP contribution in [0, 0.1) is 0 Å². The molecule has 6 heteroatoms. The third-order valence-electron chi connectivity index (χ3n) is 0.869. The molecule has 0 aliphatic rings. The van der Waals surface area contributed by atoms with Crippen molar-refractivity contribution in [3.05, 3.63) is 0 Å². The van der Waals surface area contributed by atoms with E-state index in [0.717, 1.165) is 0 Å². The number of ether oxygens (including phenoxy) is 2. The van der Waals surface area contributed by atoms with Gasteiger partial charge in [-0.1, -0.05) is 0 Å². The zero-order chi connectivity index (χ0) is 9.23. The number of aliphatic hydroxyl groups excluding tert-OH is 1. The van der Waals surface area contributed by atoms with Crippen LogP contribution in [0.2, 0.25) is 0 Å². The molecule has 72 valence electrons. The minimum Gasteiger partial charge on any atom is -0.446 e. The minimum atomic E-state index is -0.722. The lowest BCUT2D eigenvalue weighted by atomic mass is 10.8. The molecule has 0 atom stereocenters. The fraction of sp³-hybridized carbons (Fsp3) is 0.833. The summed E-state index contributed by atoms with van der Waals surface area (Å²) in [6.45, 7) is 0.399. The molecule has 0 aromatic rings. The van der Waals surface area contributed by atoms with Crippen molar-refractivity contribution in [1.29, 1.82) is 0 Å². The van der Waals surface area contributed by atoms with Gasteiger partial charge in [0.1, 0.15) is 6.61 Å². The second-order valence-corrected chi connectivity index (χ2v) is 1.80. The highest BCUT2D eigenvalue weighted by atomic mass is 16.7. The van der Waals surface area contributed by atoms with Crippen molar-refractivity contribution < 1.29 is 24.2 Å². The highest BCUT2D eigenvalue weighted by Crippen LogP contribution is 1.77. The van der Waals surface area contributed by atoms with E-state index in [2.05, 4.69) is 14.3 Å². The summed E-state index contributed by atoms with van der Waals surface area (Å²) in [5.41, 5.74) is 2.00. The molecule has 12 heavy (non-hydrogen) atoms. The number of amides is 1. The summed E-state index contributed by atoms with van der Waals surface area (Å²) >= 11 is 0. The number of aliphatic hydroxyl groups is 1. The molecule has 0 saturated carbocycles. The average molecular weight is 179 g/mol. The van der Waals surface area contributed by atoms with Gasteiger partial charge in [0.2, 0.25) is 0 Å². The summed E-state index contributed by atoms with van der Waals surface area (Å²) < 4.78 is 9.05. The fourth-order valence-corrected chi connectivity index (χ4v) is 0.403. The predicted molar refractivity (Wildman–Crippen MR) is 39.4 cm³/mol. The second kappa shape index (κ2) is 8.25. The van der Waals surface area contributed by atoms with E-state index in [4.69, 9.17) is 5.11 Å². The molecule has 0 aliphatic heterocycles. The topological polar surface area (TPSA) is 77.0 Å². The molecule has 6 nitrogen and oxygen atoms in total. The SMILES string of the molecule is COCCONC(=O)OCCO. The number of hydrogen-bond donors (Lipinski definition) is 2. The zero-order valence-corrected chi connectivity index (χ0v) is 6.91. The number of carbonyl (C=O) groups is 1. The van der Waals surface area contributed by atoms with Crippen molar-refractivity contribution in [2.45, 2.75) is 0 Å². The van der Waals surface area contributed by atoms with Crippen molar-refractivity contribution in [2.24, 2.45) is 0 Å². The van der Waals surface area contributed by atoms with Gasteiger partial charge in [0.25, 0.3) is 0 Å². The van der Waals surface area contributed by atoms with Crippen LogP contribution in [-0.4, -0.2) is 44.7 Å². The highest BCUT2D eigenvalue weighted by molar-refractivity contribution is 5.65. The molecule has 0 spiro atoms. The van der Waals surface area contributed by atoms with E-state index in [9.17, 15) is 4.79 Å². The first kappa shape index (κ1) is 11.2. The molecular weight excluding hydrogens is 166 g/mol. The molecular formula is C6H13NO5. The molecule has 2 N–H and O–H groups in total. The molecule has 0 aliphatic carbocycles. The standard InChI is InChI=1S/C6H13NO5/c1-10-4-5-12-7-6(9)11-3-2-8/h8H,2-5H2,1H3,(H,7,9). The molecule has 0 heterocycles. The predicted octanol–water partition coefficient (Wildman–Crippen LogP) is -0.717. The summed E-state index contributed by atoms with van der Waals surface area (Å²) in [5, 5.41) is 8.26. The van der Waals surface area contributed by atoms with E-state index in [1.165, 1.54) is 7.11 Å². The monoisotopic (exact) mass is 179 g/mol. The summed E-state index contributed by atoms with van der Waals surface area (Å²) in [6.07, 6.45) is -0.722. The molecule has 0 fully saturated rings. The van der Waals surface area contributed by atoms with Crippen molar-refractivity contribution in [3.63, 3.8) is 0 Å². The third-order valence-corrected chi connectivity index (χ3v) is 0.869. The van der Waals surface area contributed by atoms with E-state index in [1.807, 2.05) is 5.48 Å². The second-order valence-electron chi connectivity index (χ2n) is 1.80. The first-order valence-corrected chi connectivity index (χ1v) is 3.45. The Kier molecular flexibility index (Phi) is 7.66. The van der Waals surface area contributed by atoms with Crippen LogP contribution in [0.3, 0.4) is 0 Å². The Morgan fingerprint density at radius 1 is 1.42 bits per heavy atom. The normalized spacial score (nSPS) is 9.50. The van der Waals surface area contributed by atoms with Crippen LogP contribution < -0.4 is 5.48 Å². The first-order valence-electron chi connectivity index (χ1n) is 3.45. The van der Waals surface area contributed by atoms with E-state index in [1.54, 1.807) is 0 Å². The molecule has 0 radical (unpaired) electrons. The Hall–Kier alpha value is -0.850. The lowest BCUT2D eigenvalue weighted by molar-refractivity contribution is 0.000516. The van der Waals surface area contributed by atoms with Crippen LogP contribution in [0.4, 0.5) is 4.79 Å². The van der Waals surface area contributed by atoms with Gasteiger partial charge in [-0.2, -0.15) is 5.48 Å². The fourth-order valence-electron chi connectivity index (χ4n) is 0.403. The van der Waals surface area contributed by atoms with Crippen molar-refractivity contribution in [2.75, 3.05) is 33.5 Å².